The normalized spacial score (nSPS) is 22.0. The van der Waals surface area contributed by atoms with Crippen molar-refractivity contribution in [1.29, 1.82) is 0 Å². The number of carboxylic acid groups (broad SMARTS) is 2. The van der Waals surface area contributed by atoms with E-state index in [0.717, 1.165) is 19.3 Å². The summed E-state index contributed by atoms with van der Waals surface area (Å²) in [5, 5.41) is 22.5. The Bertz CT molecular complexity index is 394. The number of aliphatic carboxylic acids is 2. The number of urea groups is 1. The molecule has 1 rings (SSSR count). The molecule has 0 bridgehead atoms. The molecule has 20 heavy (non-hydrogen) atoms. The average Bonchev–Trinajstić information content (AvgIpc) is 2.63. The molecule has 1 fully saturated rings. The van der Waals surface area contributed by atoms with E-state index in [0.29, 0.717) is 0 Å². The molecular formula is C13H22N2O5. The second-order valence-electron chi connectivity index (χ2n) is 6.04. The summed E-state index contributed by atoms with van der Waals surface area (Å²) in [5.74, 6) is -2.32. The third-order valence-electron chi connectivity index (χ3n) is 3.55. The molecule has 1 aliphatic rings. The number of hydrogen-bond acceptors (Lipinski definition) is 3. The highest BCUT2D eigenvalue weighted by Gasteiger charge is 2.32. The van der Waals surface area contributed by atoms with Crippen molar-refractivity contribution >= 4 is 18.0 Å². The maximum Gasteiger partial charge on any atom is 0.326 e. The molecule has 0 saturated heterocycles. The number of nitrogens with one attached hydrogen (secondary N) is 2. The van der Waals surface area contributed by atoms with Gasteiger partial charge in [-0.1, -0.05) is 13.8 Å². The first-order chi connectivity index (χ1) is 9.19. The summed E-state index contributed by atoms with van der Waals surface area (Å²) in [6.45, 7) is 4.25. The van der Waals surface area contributed by atoms with Crippen molar-refractivity contribution in [3.8, 4) is 0 Å². The van der Waals surface area contributed by atoms with E-state index in [-0.39, 0.29) is 24.3 Å². The van der Waals surface area contributed by atoms with Gasteiger partial charge in [0.15, 0.2) is 0 Å². The predicted octanol–water partition coefficient (Wildman–Crippen LogP) is 1.18. The topological polar surface area (TPSA) is 116 Å². The first-order valence-electron chi connectivity index (χ1n) is 6.71. The highest BCUT2D eigenvalue weighted by Crippen LogP contribution is 2.36. The van der Waals surface area contributed by atoms with Crippen LogP contribution in [0.4, 0.5) is 4.79 Å². The molecule has 4 N–H and O–H groups in total. The van der Waals surface area contributed by atoms with Crippen molar-refractivity contribution in [2.75, 3.05) is 0 Å². The molecular weight excluding hydrogens is 264 g/mol. The molecule has 0 aromatic rings. The van der Waals surface area contributed by atoms with Crippen molar-refractivity contribution in [2.45, 2.75) is 58.0 Å². The zero-order chi connectivity index (χ0) is 15.3. The molecule has 114 valence electrons. The minimum Gasteiger partial charge on any atom is -0.481 e. The second kappa shape index (κ2) is 6.58. The Kier molecular flexibility index (Phi) is 5.35. The Morgan fingerprint density at radius 2 is 1.95 bits per heavy atom. The predicted molar refractivity (Wildman–Crippen MR) is 71.4 cm³/mol. The van der Waals surface area contributed by atoms with Crippen LogP contribution < -0.4 is 10.6 Å². The summed E-state index contributed by atoms with van der Waals surface area (Å²) in [5.41, 5.74) is 0.188. The maximum absolute atomic E-state index is 11.7. The van der Waals surface area contributed by atoms with Crippen LogP contribution in [0.5, 0.6) is 0 Å². The van der Waals surface area contributed by atoms with Gasteiger partial charge in [0.1, 0.15) is 6.04 Å². The molecule has 0 heterocycles. The molecule has 0 aromatic carbocycles. The van der Waals surface area contributed by atoms with Crippen LogP contribution in [0.1, 0.15) is 46.0 Å². The van der Waals surface area contributed by atoms with E-state index >= 15 is 0 Å². The lowest BCUT2D eigenvalue weighted by Gasteiger charge is -2.19. The van der Waals surface area contributed by atoms with Crippen LogP contribution in [-0.2, 0) is 9.59 Å². The third kappa shape index (κ3) is 5.46. The number of carboxylic acids is 2. The highest BCUT2D eigenvalue weighted by molar-refractivity contribution is 5.83. The lowest BCUT2D eigenvalue weighted by atomic mass is 9.92. The van der Waals surface area contributed by atoms with Gasteiger partial charge in [0, 0.05) is 12.5 Å². The quantitative estimate of drug-likeness (QED) is 0.585. The van der Waals surface area contributed by atoms with Gasteiger partial charge in [-0.05, 0) is 31.1 Å². The molecule has 0 spiro atoms. The fourth-order valence-corrected chi connectivity index (χ4v) is 2.47. The lowest BCUT2D eigenvalue weighted by molar-refractivity contribution is -0.140. The molecule has 7 nitrogen and oxygen atoms in total. The largest absolute Gasteiger partial charge is 0.481 e. The fourth-order valence-electron chi connectivity index (χ4n) is 2.47. The van der Waals surface area contributed by atoms with Gasteiger partial charge in [-0.3, -0.25) is 4.79 Å². The smallest absolute Gasteiger partial charge is 0.326 e. The lowest BCUT2D eigenvalue weighted by Crippen LogP contribution is -2.48. The van der Waals surface area contributed by atoms with Gasteiger partial charge < -0.3 is 20.8 Å². The summed E-state index contributed by atoms with van der Waals surface area (Å²) in [6, 6.07) is -1.69. The van der Waals surface area contributed by atoms with Crippen LogP contribution >= 0.6 is 0 Å². The SMILES string of the molecule is CC1(C)CCC(NC(=O)NC(CCC(=O)O)C(=O)O)C1. The van der Waals surface area contributed by atoms with E-state index in [1.54, 1.807) is 0 Å². The highest BCUT2D eigenvalue weighted by atomic mass is 16.4. The standard InChI is InChI=1S/C13H22N2O5/c1-13(2)6-5-8(7-13)14-12(20)15-9(11(18)19)3-4-10(16)17/h8-9H,3-7H2,1-2H3,(H,16,17)(H,18,19)(H2,14,15,20). The van der Waals surface area contributed by atoms with Gasteiger partial charge in [-0.25, -0.2) is 9.59 Å². The molecule has 2 amide bonds. The van der Waals surface area contributed by atoms with E-state index in [1.807, 2.05) is 0 Å². The minimum atomic E-state index is -1.23. The van der Waals surface area contributed by atoms with Crippen LogP contribution in [0.2, 0.25) is 0 Å². The molecule has 7 heteroatoms. The zero-order valence-corrected chi connectivity index (χ0v) is 11.8. The Balaban J connectivity index is 2.42. The van der Waals surface area contributed by atoms with Gasteiger partial charge in [-0.2, -0.15) is 0 Å². The number of amides is 2. The van der Waals surface area contributed by atoms with E-state index in [2.05, 4.69) is 24.5 Å². The summed E-state index contributed by atoms with van der Waals surface area (Å²) in [7, 11) is 0. The van der Waals surface area contributed by atoms with Gasteiger partial charge >= 0.3 is 18.0 Å². The summed E-state index contributed by atoms with van der Waals surface area (Å²) in [6.07, 6.45) is 2.31. The van der Waals surface area contributed by atoms with Crippen LogP contribution in [0.3, 0.4) is 0 Å². The number of carbonyl (C=O) groups is 3. The van der Waals surface area contributed by atoms with Crippen molar-refractivity contribution in [1.82, 2.24) is 10.6 Å². The van der Waals surface area contributed by atoms with E-state index in [1.165, 1.54) is 0 Å². The van der Waals surface area contributed by atoms with Gasteiger partial charge in [-0.15, -0.1) is 0 Å². The molecule has 2 unspecified atom stereocenters. The summed E-state index contributed by atoms with van der Waals surface area (Å²) in [4.78, 5) is 33.1. The maximum atomic E-state index is 11.7. The summed E-state index contributed by atoms with van der Waals surface area (Å²) < 4.78 is 0. The average molecular weight is 286 g/mol. The number of rotatable bonds is 6. The summed E-state index contributed by atoms with van der Waals surface area (Å²) >= 11 is 0. The van der Waals surface area contributed by atoms with Crippen LogP contribution in [0.25, 0.3) is 0 Å². The first-order valence-corrected chi connectivity index (χ1v) is 6.71. The first kappa shape index (κ1) is 16.3. The zero-order valence-electron chi connectivity index (χ0n) is 11.8. The van der Waals surface area contributed by atoms with Crippen LogP contribution in [0.15, 0.2) is 0 Å². The Morgan fingerprint density at radius 3 is 2.40 bits per heavy atom. The fraction of sp³-hybridized carbons (Fsp3) is 0.769. The second-order valence-corrected chi connectivity index (χ2v) is 6.04. The molecule has 0 aliphatic heterocycles. The third-order valence-corrected chi connectivity index (χ3v) is 3.55. The Labute approximate surface area is 117 Å². The van der Waals surface area contributed by atoms with Crippen molar-refractivity contribution in [2.24, 2.45) is 5.41 Å². The van der Waals surface area contributed by atoms with Crippen LogP contribution in [-0.4, -0.2) is 40.3 Å². The molecule has 1 aliphatic carbocycles. The van der Waals surface area contributed by atoms with Crippen molar-refractivity contribution in [3.05, 3.63) is 0 Å². The monoisotopic (exact) mass is 286 g/mol. The molecule has 0 radical (unpaired) electrons. The van der Waals surface area contributed by atoms with Gasteiger partial charge in [0.25, 0.3) is 0 Å². The number of carbonyl (C=O) groups excluding carboxylic acids is 1. The molecule has 0 aromatic heterocycles. The van der Waals surface area contributed by atoms with Crippen molar-refractivity contribution in [3.63, 3.8) is 0 Å². The number of hydrogen-bond donors (Lipinski definition) is 4. The van der Waals surface area contributed by atoms with E-state index in [4.69, 9.17) is 10.2 Å². The van der Waals surface area contributed by atoms with Crippen LogP contribution in [0, 0.1) is 5.41 Å². The van der Waals surface area contributed by atoms with Crippen molar-refractivity contribution < 1.29 is 24.6 Å². The van der Waals surface area contributed by atoms with E-state index < -0.39 is 24.0 Å². The van der Waals surface area contributed by atoms with Gasteiger partial charge in [0.05, 0.1) is 0 Å². The molecule has 2 atom stereocenters. The molecule has 1 saturated carbocycles. The minimum absolute atomic E-state index is 0.0407. The van der Waals surface area contributed by atoms with E-state index in [9.17, 15) is 14.4 Å². The van der Waals surface area contributed by atoms with Gasteiger partial charge in [0.2, 0.25) is 0 Å². The Hall–Kier alpha value is -1.79. The Morgan fingerprint density at radius 1 is 1.30 bits per heavy atom.